The highest BCUT2D eigenvalue weighted by molar-refractivity contribution is 9.10. The summed E-state index contributed by atoms with van der Waals surface area (Å²) < 4.78 is 42.3. The summed E-state index contributed by atoms with van der Waals surface area (Å²) in [6.07, 6.45) is 0. The van der Waals surface area contributed by atoms with Gasteiger partial charge in [-0.15, -0.1) is 0 Å². The molecule has 0 radical (unpaired) electrons. The van der Waals surface area contributed by atoms with Gasteiger partial charge in [-0.05, 0) is 15.9 Å². The van der Waals surface area contributed by atoms with E-state index in [4.69, 9.17) is 11.6 Å². The van der Waals surface area contributed by atoms with Gasteiger partial charge in [0, 0.05) is 6.07 Å². The maximum absolute atomic E-state index is 12.9. The molecule has 0 amide bonds. The van der Waals surface area contributed by atoms with E-state index in [-0.39, 0.29) is 6.07 Å². The van der Waals surface area contributed by atoms with Crippen molar-refractivity contribution in [2.75, 3.05) is 6.07 Å². The van der Waals surface area contributed by atoms with Crippen molar-refractivity contribution in [1.29, 1.82) is 0 Å². The highest BCUT2D eigenvalue weighted by Crippen LogP contribution is 2.29. The van der Waals surface area contributed by atoms with Gasteiger partial charge in [0.2, 0.25) is 5.82 Å². The fourth-order valence-electron chi connectivity index (χ4n) is 0.715. The van der Waals surface area contributed by atoms with E-state index in [1.807, 2.05) is 0 Å². The van der Waals surface area contributed by atoms with Gasteiger partial charge in [0.15, 0.2) is 17.6 Å². The number of rotatable bonds is 2. The summed E-state index contributed by atoms with van der Waals surface area (Å²) in [5, 5.41) is 0. The Kier molecular flexibility index (Phi) is 3.44. The second-order valence-corrected chi connectivity index (χ2v) is 3.06. The fourth-order valence-corrected chi connectivity index (χ4v) is 1.12. The largest absolute Gasteiger partial charge is 0.475 e. The molecule has 0 aliphatic rings. The highest BCUT2D eigenvalue weighted by Gasteiger charge is 2.17. The Hall–Kier alpha value is -0.420. The van der Waals surface area contributed by atoms with Crippen molar-refractivity contribution in [3.63, 3.8) is 0 Å². The zero-order valence-corrected chi connectivity index (χ0v) is 8.42. The predicted octanol–water partition coefficient (Wildman–Crippen LogP) is 3.44. The molecule has 0 fully saturated rings. The summed E-state index contributed by atoms with van der Waals surface area (Å²) in [5.74, 6) is -4.10. The Labute approximate surface area is 85.6 Å². The van der Waals surface area contributed by atoms with E-state index < -0.39 is 27.7 Å². The molecule has 6 heteroatoms. The van der Waals surface area contributed by atoms with Crippen LogP contribution in [0, 0.1) is 17.5 Å². The molecule has 0 aliphatic carbocycles. The molecule has 0 aliphatic heterocycles. The minimum Gasteiger partial charge on any atom is -0.475 e. The van der Waals surface area contributed by atoms with Crippen LogP contribution in [0.3, 0.4) is 0 Å². The zero-order valence-electron chi connectivity index (χ0n) is 6.08. The lowest BCUT2D eigenvalue weighted by atomic mass is 10.3. The minimum absolute atomic E-state index is 0.378. The Balaban J connectivity index is 3.24. The van der Waals surface area contributed by atoms with Crippen LogP contribution in [0.25, 0.3) is 0 Å². The molecular formula is C7H3BrClF3O. The van der Waals surface area contributed by atoms with Crippen LogP contribution in [0.5, 0.6) is 5.75 Å². The van der Waals surface area contributed by atoms with Gasteiger partial charge in [-0.1, -0.05) is 11.6 Å². The van der Waals surface area contributed by atoms with Crippen LogP contribution in [-0.4, -0.2) is 6.07 Å². The lowest BCUT2D eigenvalue weighted by Crippen LogP contribution is -1.98. The number of hydrogen-bond acceptors (Lipinski definition) is 1. The summed E-state index contributed by atoms with van der Waals surface area (Å²) in [6, 6.07) is 0.336. The summed E-state index contributed by atoms with van der Waals surface area (Å²) in [4.78, 5) is 0. The van der Waals surface area contributed by atoms with Crippen molar-refractivity contribution < 1.29 is 17.9 Å². The van der Waals surface area contributed by atoms with E-state index in [0.29, 0.717) is 6.07 Å². The van der Waals surface area contributed by atoms with Gasteiger partial charge in [0.25, 0.3) is 0 Å². The Morgan fingerprint density at radius 3 is 2.46 bits per heavy atom. The molecule has 1 rings (SSSR count). The molecule has 72 valence electrons. The second kappa shape index (κ2) is 4.19. The lowest BCUT2D eigenvalue weighted by Gasteiger charge is -2.05. The molecule has 1 aromatic rings. The first-order chi connectivity index (χ1) is 6.07. The standard InChI is InChI=1S/C7H3BrClF3O/c8-5-3(10)1-4(13-2-9)6(11)7(5)12/h1H,2H2. The van der Waals surface area contributed by atoms with Gasteiger partial charge in [0.1, 0.15) is 5.82 Å². The van der Waals surface area contributed by atoms with Crippen LogP contribution in [0.1, 0.15) is 0 Å². The van der Waals surface area contributed by atoms with Crippen molar-refractivity contribution in [3.05, 3.63) is 28.0 Å². The number of benzene rings is 1. The van der Waals surface area contributed by atoms with Gasteiger partial charge in [-0.2, -0.15) is 4.39 Å². The molecule has 0 N–H and O–H groups in total. The van der Waals surface area contributed by atoms with Crippen molar-refractivity contribution in [3.8, 4) is 5.75 Å². The number of alkyl halides is 1. The summed E-state index contributed by atoms with van der Waals surface area (Å²) in [5.41, 5.74) is 0. The van der Waals surface area contributed by atoms with Crippen molar-refractivity contribution in [2.45, 2.75) is 0 Å². The Morgan fingerprint density at radius 2 is 1.92 bits per heavy atom. The van der Waals surface area contributed by atoms with E-state index in [0.717, 1.165) is 0 Å². The number of ether oxygens (including phenoxy) is 1. The number of hydrogen-bond donors (Lipinski definition) is 0. The van der Waals surface area contributed by atoms with E-state index in [9.17, 15) is 13.2 Å². The molecule has 1 aromatic carbocycles. The Morgan fingerprint density at radius 1 is 1.31 bits per heavy atom. The molecule has 1 nitrogen and oxygen atoms in total. The molecule has 0 saturated carbocycles. The monoisotopic (exact) mass is 274 g/mol. The molecule has 0 spiro atoms. The number of halogens is 5. The van der Waals surface area contributed by atoms with E-state index in [1.165, 1.54) is 0 Å². The van der Waals surface area contributed by atoms with Crippen molar-refractivity contribution >= 4 is 27.5 Å². The average Bonchev–Trinajstić information content (AvgIpc) is 2.11. The molecule has 0 bridgehead atoms. The maximum atomic E-state index is 12.9. The summed E-state index contributed by atoms with van der Waals surface area (Å²) in [6.45, 7) is 0. The lowest BCUT2D eigenvalue weighted by molar-refractivity contribution is 0.346. The average molecular weight is 275 g/mol. The molecule has 0 unspecified atom stereocenters. The third kappa shape index (κ3) is 2.08. The van der Waals surface area contributed by atoms with E-state index in [2.05, 4.69) is 20.7 Å². The Bertz CT molecular complexity index is 332. The molecule has 0 heterocycles. The molecule has 0 saturated heterocycles. The highest BCUT2D eigenvalue weighted by atomic mass is 79.9. The van der Waals surface area contributed by atoms with Crippen LogP contribution >= 0.6 is 27.5 Å². The third-order valence-electron chi connectivity index (χ3n) is 1.28. The predicted molar refractivity (Wildman–Crippen MR) is 45.4 cm³/mol. The van der Waals surface area contributed by atoms with Gasteiger partial charge in [0.05, 0.1) is 4.47 Å². The first-order valence-corrected chi connectivity index (χ1v) is 4.42. The van der Waals surface area contributed by atoms with Crippen LogP contribution < -0.4 is 4.74 Å². The topological polar surface area (TPSA) is 9.23 Å². The van der Waals surface area contributed by atoms with Gasteiger partial charge >= 0.3 is 0 Å². The molecule has 0 atom stereocenters. The smallest absolute Gasteiger partial charge is 0.202 e. The second-order valence-electron chi connectivity index (χ2n) is 2.05. The normalized spacial score (nSPS) is 10.2. The summed E-state index contributed by atoms with van der Waals surface area (Å²) >= 11 is 7.64. The maximum Gasteiger partial charge on any atom is 0.202 e. The van der Waals surface area contributed by atoms with Crippen LogP contribution in [0.15, 0.2) is 10.5 Å². The van der Waals surface area contributed by atoms with E-state index >= 15 is 0 Å². The molecule has 13 heavy (non-hydrogen) atoms. The molecule has 0 aromatic heterocycles. The van der Waals surface area contributed by atoms with Crippen LogP contribution in [0.2, 0.25) is 0 Å². The van der Waals surface area contributed by atoms with Crippen molar-refractivity contribution in [2.24, 2.45) is 0 Å². The zero-order chi connectivity index (χ0) is 10.0. The van der Waals surface area contributed by atoms with Gasteiger partial charge in [-0.3, -0.25) is 0 Å². The van der Waals surface area contributed by atoms with Crippen molar-refractivity contribution in [1.82, 2.24) is 0 Å². The summed E-state index contributed by atoms with van der Waals surface area (Å²) in [7, 11) is 0. The SMILES string of the molecule is Fc1cc(OCCl)c(F)c(F)c1Br. The quantitative estimate of drug-likeness (QED) is 0.456. The van der Waals surface area contributed by atoms with Gasteiger partial charge in [-0.25, -0.2) is 8.78 Å². The first-order valence-electron chi connectivity index (χ1n) is 3.09. The minimum atomic E-state index is -1.33. The van der Waals surface area contributed by atoms with E-state index in [1.54, 1.807) is 0 Å². The first kappa shape index (κ1) is 10.7. The van der Waals surface area contributed by atoms with Crippen LogP contribution in [-0.2, 0) is 0 Å². The fraction of sp³-hybridized carbons (Fsp3) is 0.143. The van der Waals surface area contributed by atoms with Crippen LogP contribution in [0.4, 0.5) is 13.2 Å². The third-order valence-corrected chi connectivity index (χ3v) is 2.12. The van der Waals surface area contributed by atoms with Gasteiger partial charge < -0.3 is 4.74 Å². The molecular weight excluding hydrogens is 272 g/mol.